The maximum atomic E-state index is 12.9. The second kappa shape index (κ2) is 7.65. The van der Waals surface area contributed by atoms with Crippen LogP contribution in [0.3, 0.4) is 0 Å². The third-order valence-electron chi connectivity index (χ3n) is 4.84. The van der Waals surface area contributed by atoms with Crippen molar-refractivity contribution in [3.05, 3.63) is 53.9 Å². The molecule has 7 nitrogen and oxygen atoms in total. The molecule has 2 amide bonds. The minimum atomic E-state index is -0.129. The molecule has 1 N–H and O–H groups in total. The number of nitrogens with zero attached hydrogens (tertiary/aromatic N) is 2. The molecule has 0 spiro atoms. The summed E-state index contributed by atoms with van der Waals surface area (Å²) in [5.41, 5.74) is 1.08. The summed E-state index contributed by atoms with van der Waals surface area (Å²) in [5.74, 6) is 0.955. The number of benzene rings is 1. The number of ether oxygens (including phenoxy) is 2. The highest BCUT2D eigenvalue weighted by Crippen LogP contribution is 2.34. The number of amides is 2. The summed E-state index contributed by atoms with van der Waals surface area (Å²) in [6.45, 7) is 2.11. The van der Waals surface area contributed by atoms with Gasteiger partial charge in [-0.3, -0.25) is 14.6 Å². The average molecular weight is 367 g/mol. The summed E-state index contributed by atoms with van der Waals surface area (Å²) in [4.78, 5) is 30.9. The molecule has 27 heavy (non-hydrogen) atoms. The van der Waals surface area contributed by atoms with E-state index in [0.29, 0.717) is 61.8 Å². The van der Waals surface area contributed by atoms with Crippen molar-refractivity contribution in [2.75, 3.05) is 26.3 Å². The van der Waals surface area contributed by atoms with E-state index in [0.717, 1.165) is 0 Å². The molecule has 4 rings (SSSR count). The molecule has 1 aromatic carbocycles. The molecule has 1 saturated heterocycles. The number of fused-ring (bicyclic) bond motifs is 1. The number of aromatic nitrogens is 1. The van der Waals surface area contributed by atoms with E-state index >= 15 is 0 Å². The molecule has 0 atom stereocenters. The number of nitrogens with one attached hydrogen (secondary N) is 1. The fourth-order valence-corrected chi connectivity index (χ4v) is 3.41. The van der Waals surface area contributed by atoms with E-state index in [1.54, 1.807) is 35.5 Å². The zero-order valence-electron chi connectivity index (χ0n) is 14.9. The highest BCUT2D eigenvalue weighted by molar-refractivity contribution is 5.98. The molecule has 7 heteroatoms. The fourth-order valence-electron chi connectivity index (χ4n) is 3.41. The topological polar surface area (TPSA) is 80.8 Å². The first-order valence-corrected chi connectivity index (χ1v) is 9.11. The van der Waals surface area contributed by atoms with E-state index in [9.17, 15) is 9.59 Å². The van der Waals surface area contributed by atoms with Gasteiger partial charge in [-0.05, 0) is 37.1 Å². The predicted molar refractivity (Wildman–Crippen MR) is 98.1 cm³/mol. The van der Waals surface area contributed by atoms with Crippen LogP contribution in [0, 0.1) is 0 Å². The zero-order valence-corrected chi connectivity index (χ0v) is 14.9. The van der Waals surface area contributed by atoms with E-state index < -0.39 is 0 Å². The molecule has 1 fully saturated rings. The maximum Gasteiger partial charge on any atom is 0.257 e. The molecule has 3 heterocycles. The van der Waals surface area contributed by atoms with E-state index in [-0.39, 0.29) is 17.9 Å². The third kappa shape index (κ3) is 3.72. The SMILES string of the molecule is O=C(NC1CCN(C(=O)c2cccc3c2OCCO3)CC1)c1cccnc1. The van der Waals surface area contributed by atoms with Crippen LogP contribution in [0.4, 0.5) is 0 Å². The van der Waals surface area contributed by atoms with Crippen LogP contribution in [0.1, 0.15) is 33.6 Å². The first-order valence-electron chi connectivity index (χ1n) is 9.11. The van der Waals surface area contributed by atoms with E-state index in [1.807, 2.05) is 12.1 Å². The van der Waals surface area contributed by atoms with Gasteiger partial charge in [0.15, 0.2) is 11.5 Å². The molecule has 0 radical (unpaired) electrons. The Kier molecular flexibility index (Phi) is 4.91. The van der Waals surface area contributed by atoms with Gasteiger partial charge in [-0.25, -0.2) is 0 Å². The van der Waals surface area contributed by atoms with Gasteiger partial charge in [-0.1, -0.05) is 6.07 Å². The number of carbonyl (C=O) groups is 2. The van der Waals surface area contributed by atoms with Gasteiger partial charge in [0.1, 0.15) is 13.2 Å². The van der Waals surface area contributed by atoms with E-state index in [4.69, 9.17) is 9.47 Å². The Morgan fingerprint density at radius 3 is 2.67 bits per heavy atom. The molecule has 0 saturated carbocycles. The summed E-state index contributed by atoms with van der Waals surface area (Å²) in [7, 11) is 0. The van der Waals surface area contributed by atoms with Gasteiger partial charge < -0.3 is 19.7 Å². The van der Waals surface area contributed by atoms with Crippen LogP contribution in [0.15, 0.2) is 42.7 Å². The summed E-state index contributed by atoms with van der Waals surface area (Å²) < 4.78 is 11.2. The van der Waals surface area contributed by atoms with Crippen LogP contribution < -0.4 is 14.8 Å². The van der Waals surface area contributed by atoms with Gasteiger partial charge in [0.25, 0.3) is 11.8 Å². The zero-order chi connectivity index (χ0) is 18.6. The Morgan fingerprint density at radius 2 is 1.89 bits per heavy atom. The average Bonchev–Trinajstić information content (AvgIpc) is 2.74. The lowest BCUT2D eigenvalue weighted by atomic mass is 10.0. The Balaban J connectivity index is 1.37. The molecular formula is C20H21N3O4. The van der Waals surface area contributed by atoms with Crippen LogP contribution in [-0.4, -0.2) is 54.0 Å². The standard InChI is InChI=1S/C20H21N3O4/c24-19(14-3-2-8-21-13-14)22-15-6-9-23(10-7-15)20(25)16-4-1-5-17-18(16)27-12-11-26-17/h1-5,8,13,15H,6-7,9-12H2,(H,22,24). The lowest BCUT2D eigenvalue weighted by Crippen LogP contribution is -2.46. The molecule has 2 aliphatic rings. The van der Waals surface area contributed by atoms with Crippen LogP contribution in [0.25, 0.3) is 0 Å². The van der Waals surface area contributed by atoms with Gasteiger partial charge in [0, 0.05) is 31.5 Å². The predicted octanol–water partition coefficient (Wildman–Crippen LogP) is 1.89. The van der Waals surface area contributed by atoms with E-state index in [2.05, 4.69) is 10.3 Å². The summed E-state index contributed by atoms with van der Waals surface area (Å²) in [5, 5.41) is 3.02. The molecule has 140 valence electrons. The van der Waals surface area contributed by atoms with Gasteiger partial charge in [0.05, 0.1) is 11.1 Å². The van der Waals surface area contributed by atoms with Crippen molar-refractivity contribution >= 4 is 11.8 Å². The van der Waals surface area contributed by atoms with Crippen molar-refractivity contribution in [1.82, 2.24) is 15.2 Å². The largest absolute Gasteiger partial charge is 0.486 e. The van der Waals surface area contributed by atoms with Crippen LogP contribution in [-0.2, 0) is 0 Å². The number of rotatable bonds is 3. The first kappa shape index (κ1) is 17.3. The van der Waals surface area contributed by atoms with Crippen molar-refractivity contribution in [3.63, 3.8) is 0 Å². The number of likely N-dealkylation sites (tertiary alicyclic amines) is 1. The van der Waals surface area contributed by atoms with Gasteiger partial charge in [-0.15, -0.1) is 0 Å². The number of para-hydroxylation sites is 1. The number of hydrogen-bond acceptors (Lipinski definition) is 5. The lowest BCUT2D eigenvalue weighted by molar-refractivity contribution is 0.0688. The van der Waals surface area contributed by atoms with E-state index in [1.165, 1.54) is 0 Å². The highest BCUT2D eigenvalue weighted by atomic mass is 16.6. The third-order valence-corrected chi connectivity index (χ3v) is 4.84. The Morgan fingerprint density at radius 1 is 1.07 bits per heavy atom. The maximum absolute atomic E-state index is 12.9. The quantitative estimate of drug-likeness (QED) is 0.896. The first-order chi connectivity index (χ1) is 13.2. The minimum Gasteiger partial charge on any atom is -0.486 e. The number of pyridine rings is 1. The summed E-state index contributed by atoms with van der Waals surface area (Å²) >= 11 is 0. The second-order valence-corrected chi connectivity index (χ2v) is 6.61. The van der Waals surface area contributed by atoms with Crippen molar-refractivity contribution in [2.24, 2.45) is 0 Å². The minimum absolute atomic E-state index is 0.0472. The molecule has 0 unspecified atom stereocenters. The van der Waals surface area contributed by atoms with Crippen molar-refractivity contribution in [3.8, 4) is 11.5 Å². The Labute approximate surface area is 157 Å². The lowest BCUT2D eigenvalue weighted by Gasteiger charge is -2.33. The monoisotopic (exact) mass is 367 g/mol. The fraction of sp³-hybridized carbons (Fsp3) is 0.350. The molecule has 1 aromatic heterocycles. The number of hydrogen-bond donors (Lipinski definition) is 1. The highest BCUT2D eigenvalue weighted by Gasteiger charge is 2.28. The van der Waals surface area contributed by atoms with Gasteiger partial charge in [-0.2, -0.15) is 0 Å². The van der Waals surface area contributed by atoms with Gasteiger partial charge >= 0.3 is 0 Å². The smallest absolute Gasteiger partial charge is 0.257 e. The summed E-state index contributed by atoms with van der Waals surface area (Å²) in [6.07, 6.45) is 4.61. The summed E-state index contributed by atoms with van der Waals surface area (Å²) in [6, 6.07) is 8.91. The molecule has 2 aromatic rings. The molecular weight excluding hydrogens is 346 g/mol. The van der Waals surface area contributed by atoms with Gasteiger partial charge in [0.2, 0.25) is 0 Å². The number of piperidine rings is 1. The molecule has 0 bridgehead atoms. The van der Waals surface area contributed by atoms with Crippen LogP contribution in [0.2, 0.25) is 0 Å². The number of carbonyl (C=O) groups excluding carboxylic acids is 2. The van der Waals surface area contributed by atoms with Crippen molar-refractivity contribution in [2.45, 2.75) is 18.9 Å². The molecule has 0 aliphatic carbocycles. The van der Waals surface area contributed by atoms with Crippen LogP contribution in [0.5, 0.6) is 11.5 Å². The van der Waals surface area contributed by atoms with Crippen LogP contribution >= 0.6 is 0 Å². The second-order valence-electron chi connectivity index (χ2n) is 6.61. The normalized spacial score (nSPS) is 16.7. The Bertz CT molecular complexity index is 832. The van der Waals surface area contributed by atoms with Crippen molar-refractivity contribution < 1.29 is 19.1 Å². The molecule has 2 aliphatic heterocycles. The Hall–Kier alpha value is -3.09. The van der Waals surface area contributed by atoms with Crippen molar-refractivity contribution in [1.29, 1.82) is 0 Å².